The molecule has 0 heterocycles. The molecule has 0 saturated heterocycles. The Kier molecular flexibility index (Phi) is 4.22. The maximum absolute atomic E-state index is 12.1. The van der Waals surface area contributed by atoms with Gasteiger partial charge in [0.15, 0.2) is 0 Å². The summed E-state index contributed by atoms with van der Waals surface area (Å²) in [6, 6.07) is 14.3. The summed E-state index contributed by atoms with van der Waals surface area (Å²) in [5.74, 6) is -0.323. The number of nitrogens with one attached hydrogen (secondary N) is 1. The first-order valence-electron chi connectivity index (χ1n) is 5.92. The van der Waals surface area contributed by atoms with Crippen molar-refractivity contribution >= 4 is 21.8 Å². The van der Waals surface area contributed by atoms with Gasteiger partial charge in [-0.15, -0.1) is 0 Å². The summed E-state index contributed by atoms with van der Waals surface area (Å²) in [6.07, 6.45) is 0. The number of hydrogen-bond donors (Lipinski definition) is 2. The molecule has 98 valence electrons. The fourth-order valence-corrected chi connectivity index (χ4v) is 2.15. The third kappa shape index (κ3) is 3.35. The number of hydrogen-bond acceptors (Lipinski definition) is 2. The second-order valence-corrected chi connectivity index (χ2v) is 5.18. The van der Waals surface area contributed by atoms with Gasteiger partial charge in [-0.2, -0.15) is 0 Å². The first kappa shape index (κ1) is 13.6. The lowest BCUT2D eigenvalue weighted by Crippen LogP contribution is -2.26. The second-order valence-electron chi connectivity index (χ2n) is 4.27. The van der Waals surface area contributed by atoms with Gasteiger partial charge in [-0.3, -0.25) is 4.79 Å². The molecule has 0 aliphatic heterocycles. The molecule has 2 aromatic rings. The van der Waals surface area contributed by atoms with E-state index in [1.54, 1.807) is 12.1 Å². The van der Waals surface area contributed by atoms with Gasteiger partial charge in [0, 0.05) is 4.47 Å². The van der Waals surface area contributed by atoms with Gasteiger partial charge in [0.25, 0.3) is 5.91 Å². The van der Waals surface area contributed by atoms with E-state index in [4.69, 9.17) is 0 Å². The molecule has 0 radical (unpaired) electrons. The van der Waals surface area contributed by atoms with Gasteiger partial charge >= 0.3 is 0 Å². The summed E-state index contributed by atoms with van der Waals surface area (Å²) in [4.78, 5) is 12.1. The van der Waals surface area contributed by atoms with Gasteiger partial charge in [-0.1, -0.05) is 46.3 Å². The van der Waals surface area contributed by atoms with Crippen LogP contribution in [0.2, 0.25) is 0 Å². The van der Waals surface area contributed by atoms with E-state index < -0.39 is 0 Å². The normalized spacial score (nSPS) is 11.9. The van der Waals surface area contributed by atoms with Gasteiger partial charge in [-0.05, 0) is 30.7 Å². The number of carbonyl (C=O) groups excluding carboxylic acids is 1. The number of halogens is 1. The van der Waals surface area contributed by atoms with E-state index in [1.165, 1.54) is 6.07 Å². The van der Waals surface area contributed by atoms with Gasteiger partial charge in [0.2, 0.25) is 0 Å². The number of phenols is 1. The van der Waals surface area contributed by atoms with E-state index in [0.717, 1.165) is 10.0 Å². The van der Waals surface area contributed by atoms with Crippen molar-refractivity contribution in [2.75, 3.05) is 0 Å². The SMILES string of the molecule is CC(NC(=O)c1cc(Br)ccc1O)c1ccccc1. The van der Waals surface area contributed by atoms with E-state index in [2.05, 4.69) is 21.2 Å². The highest BCUT2D eigenvalue weighted by Crippen LogP contribution is 2.22. The average molecular weight is 320 g/mol. The van der Waals surface area contributed by atoms with Crippen LogP contribution in [0.4, 0.5) is 0 Å². The summed E-state index contributed by atoms with van der Waals surface area (Å²) in [5, 5.41) is 12.6. The van der Waals surface area contributed by atoms with Crippen LogP contribution >= 0.6 is 15.9 Å². The molecule has 0 bridgehead atoms. The van der Waals surface area contributed by atoms with E-state index in [-0.39, 0.29) is 23.3 Å². The van der Waals surface area contributed by atoms with Crippen molar-refractivity contribution in [2.24, 2.45) is 0 Å². The van der Waals surface area contributed by atoms with Crippen LogP contribution < -0.4 is 5.32 Å². The van der Waals surface area contributed by atoms with Crippen molar-refractivity contribution in [3.8, 4) is 5.75 Å². The van der Waals surface area contributed by atoms with Gasteiger partial charge in [0.1, 0.15) is 5.75 Å². The van der Waals surface area contributed by atoms with Crippen LogP contribution in [0, 0.1) is 0 Å². The number of carbonyl (C=O) groups is 1. The molecule has 2 N–H and O–H groups in total. The number of amides is 1. The highest BCUT2D eigenvalue weighted by atomic mass is 79.9. The maximum Gasteiger partial charge on any atom is 0.255 e. The Morgan fingerprint density at radius 3 is 2.58 bits per heavy atom. The molecule has 0 aliphatic carbocycles. The first-order chi connectivity index (χ1) is 9.08. The number of rotatable bonds is 3. The number of aromatic hydroxyl groups is 1. The Bertz CT molecular complexity index is 584. The van der Waals surface area contributed by atoms with Crippen molar-refractivity contribution < 1.29 is 9.90 Å². The quantitative estimate of drug-likeness (QED) is 0.907. The fourth-order valence-electron chi connectivity index (χ4n) is 1.79. The third-order valence-corrected chi connectivity index (χ3v) is 3.34. The van der Waals surface area contributed by atoms with Crippen molar-refractivity contribution in [1.29, 1.82) is 0 Å². The van der Waals surface area contributed by atoms with Crippen LogP contribution in [0.5, 0.6) is 5.75 Å². The Morgan fingerprint density at radius 2 is 1.89 bits per heavy atom. The molecule has 3 nitrogen and oxygen atoms in total. The lowest BCUT2D eigenvalue weighted by Gasteiger charge is -2.15. The molecule has 0 spiro atoms. The molecule has 0 aliphatic rings. The molecule has 0 aromatic heterocycles. The lowest BCUT2D eigenvalue weighted by atomic mass is 10.1. The molecule has 1 unspecified atom stereocenters. The molecule has 4 heteroatoms. The first-order valence-corrected chi connectivity index (χ1v) is 6.71. The minimum absolute atomic E-state index is 0.0269. The smallest absolute Gasteiger partial charge is 0.255 e. The number of phenolic OH excluding ortho intramolecular Hbond substituents is 1. The summed E-state index contributed by atoms with van der Waals surface area (Å²) in [7, 11) is 0. The van der Waals surface area contributed by atoms with E-state index in [1.807, 2.05) is 37.3 Å². The second kappa shape index (κ2) is 5.89. The zero-order valence-electron chi connectivity index (χ0n) is 10.4. The van der Waals surface area contributed by atoms with Gasteiger partial charge in [0.05, 0.1) is 11.6 Å². The predicted octanol–water partition coefficient (Wildman–Crippen LogP) is 3.65. The van der Waals surface area contributed by atoms with Crippen molar-refractivity contribution in [3.05, 3.63) is 64.1 Å². The number of benzene rings is 2. The largest absolute Gasteiger partial charge is 0.507 e. The van der Waals surface area contributed by atoms with Crippen LogP contribution in [-0.2, 0) is 0 Å². The Hall–Kier alpha value is -1.81. The summed E-state index contributed by atoms with van der Waals surface area (Å²) in [6.45, 7) is 1.91. The minimum Gasteiger partial charge on any atom is -0.507 e. The monoisotopic (exact) mass is 319 g/mol. The predicted molar refractivity (Wildman–Crippen MR) is 78.1 cm³/mol. The standard InChI is InChI=1S/C15H14BrNO2/c1-10(11-5-3-2-4-6-11)17-15(19)13-9-12(16)7-8-14(13)18/h2-10,18H,1H3,(H,17,19). The lowest BCUT2D eigenvalue weighted by molar-refractivity contribution is 0.0937. The molecule has 1 atom stereocenters. The van der Waals surface area contributed by atoms with Crippen LogP contribution in [0.3, 0.4) is 0 Å². The fraction of sp³-hybridized carbons (Fsp3) is 0.133. The van der Waals surface area contributed by atoms with Crippen LogP contribution in [0.25, 0.3) is 0 Å². The van der Waals surface area contributed by atoms with E-state index in [0.29, 0.717) is 0 Å². The third-order valence-electron chi connectivity index (χ3n) is 2.85. The Morgan fingerprint density at radius 1 is 1.21 bits per heavy atom. The maximum atomic E-state index is 12.1. The summed E-state index contributed by atoms with van der Waals surface area (Å²) < 4.78 is 0.753. The summed E-state index contributed by atoms with van der Waals surface area (Å²) in [5.41, 5.74) is 1.28. The van der Waals surface area contributed by atoms with Crippen molar-refractivity contribution in [1.82, 2.24) is 5.32 Å². The average Bonchev–Trinajstić information content (AvgIpc) is 2.42. The molecule has 19 heavy (non-hydrogen) atoms. The zero-order chi connectivity index (χ0) is 13.8. The van der Waals surface area contributed by atoms with E-state index in [9.17, 15) is 9.90 Å². The molecular weight excluding hydrogens is 306 g/mol. The molecule has 2 rings (SSSR count). The van der Waals surface area contributed by atoms with E-state index >= 15 is 0 Å². The Labute approximate surface area is 120 Å². The van der Waals surface area contributed by atoms with Gasteiger partial charge < -0.3 is 10.4 Å². The molecule has 2 aromatic carbocycles. The zero-order valence-corrected chi connectivity index (χ0v) is 12.0. The minimum atomic E-state index is -0.296. The highest BCUT2D eigenvalue weighted by Gasteiger charge is 2.14. The van der Waals surface area contributed by atoms with Crippen molar-refractivity contribution in [3.63, 3.8) is 0 Å². The highest BCUT2D eigenvalue weighted by molar-refractivity contribution is 9.10. The summed E-state index contributed by atoms with van der Waals surface area (Å²) >= 11 is 3.28. The molecule has 1 amide bonds. The molecule has 0 fully saturated rings. The van der Waals surface area contributed by atoms with Crippen LogP contribution in [0.15, 0.2) is 53.0 Å². The van der Waals surface area contributed by atoms with Crippen molar-refractivity contribution in [2.45, 2.75) is 13.0 Å². The Balaban J connectivity index is 2.15. The van der Waals surface area contributed by atoms with Gasteiger partial charge in [-0.25, -0.2) is 0 Å². The molecular formula is C15H14BrNO2. The molecule has 0 saturated carbocycles. The van der Waals surface area contributed by atoms with Crippen LogP contribution in [-0.4, -0.2) is 11.0 Å². The topological polar surface area (TPSA) is 49.3 Å². The van der Waals surface area contributed by atoms with Crippen LogP contribution in [0.1, 0.15) is 28.9 Å².